The zero-order chi connectivity index (χ0) is 18.9. The molecule has 4 heteroatoms. The van der Waals surface area contributed by atoms with Gasteiger partial charge in [-0.1, -0.05) is 43.7 Å². The molecule has 0 aliphatic carbocycles. The minimum Gasteiger partial charge on any atom is -0.490 e. The number of hydrogen-bond acceptors (Lipinski definition) is 4. The van der Waals surface area contributed by atoms with Crippen LogP contribution in [0.1, 0.15) is 39.5 Å². The number of ether oxygens (including phenoxy) is 3. The lowest BCUT2D eigenvalue weighted by molar-refractivity contribution is -0.0376. The summed E-state index contributed by atoms with van der Waals surface area (Å²) in [5.74, 6) is 2.56. The van der Waals surface area contributed by atoms with Crippen LogP contribution in [0.5, 0.6) is 17.2 Å². The number of piperidine rings is 1. The highest BCUT2D eigenvalue weighted by atomic mass is 16.5. The van der Waals surface area contributed by atoms with E-state index >= 15 is 0 Å². The Bertz CT molecular complexity index is 676. The quantitative estimate of drug-likeness (QED) is 0.613. The molecule has 0 amide bonds. The van der Waals surface area contributed by atoms with Crippen LogP contribution in [0, 0.1) is 0 Å². The van der Waals surface area contributed by atoms with Crippen molar-refractivity contribution in [2.75, 3.05) is 19.8 Å². The summed E-state index contributed by atoms with van der Waals surface area (Å²) in [5, 5.41) is 0. The largest absolute Gasteiger partial charge is 0.490 e. The van der Waals surface area contributed by atoms with E-state index in [4.69, 9.17) is 14.2 Å². The SMILES string of the molecule is CCOc1ccccc1OCC1CCCCN1C(CC)Oc1ccccc1. The Hall–Kier alpha value is -2.20. The lowest BCUT2D eigenvalue weighted by Gasteiger charge is -2.40. The molecule has 1 aliphatic heterocycles. The van der Waals surface area contributed by atoms with E-state index < -0.39 is 0 Å². The van der Waals surface area contributed by atoms with Gasteiger partial charge in [-0.3, -0.25) is 4.90 Å². The van der Waals surface area contributed by atoms with Gasteiger partial charge in [0, 0.05) is 12.6 Å². The minimum absolute atomic E-state index is 0.0726. The van der Waals surface area contributed by atoms with Crippen LogP contribution >= 0.6 is 0 Å². The van der Waals surface area contributed by atoms with Crippen LogP contribution in [0.4, 0.5) is 0 Å². The average molecular weight is 370 g/mol. The molecule has 0 saturated carbocycles. The highest BCUT2D eigenvalue weighted by Gasteiger charge is 2.30. The van der Waals surface area contributed by atoms with Gasteiger partial charge in [0.05, 0.1) is 6.61 Å². The predicted octanol–water partition coefficient (Wildman–Crippen LogP) is 5.13. The lowest BCUT2D eigenvalue weighted by Crippen LogP contribution is -2.51. The molecule has 0 spiro atoms. The van der Waals surface area contributed by atoms with Crippen molar-refractivity contribution in [1.82, 2.24) is 4.90 Å². The van der Waals surface area contributed by atoms with Crippen LogP contribution < -0.4 is 14.2 Å². The first-order valence-corrected chi connectivity index (χ1v) is 10.1. The Balaban J connectivity index is 1.66. The van der Waals surface area contributed by atoms with Crippen molar-refractivity contribution in [1.29, 1.82) is 0 Å². The molecule has 1 fully saturated rings. The second-order valence-electron chi connectivity index (χ2n) is 6.87. The topological polar surface area (TPSA) is 30.9 Å². The van der Waals surface area contributed by atoms with Crippen LogP contribution in [-0.4, -0.2) is 36.9 Å². The Morgan fingerprint density at radius 3 is 2.33 bits per heavy atom. The van der Waals surface area contributed by atoms with Crippen molar-refractivity contribution in [2.24, 2.45) is 0 Å². The third-order valence-electron chi connectivity index (χ3n) is 4.99. The van der Waals surface area contributed by atoms with Gasteiger partial charge in [-0.25, -0.2) is 0 Å². The van der Waals surface area contributed by atoms with Crippen LogP contribution in [0.25, 0.3) is 0 Å². The molecule has 4 nitrogen and oxygen atoms in total. The Kier molecular flexibility index (Phi) is 7.40. The van der Waals surface area contributed by atoms with E-state index in [-0.39, 0.29) is 6.23 Å². The molecule has 3 rings (SSSR count). The number of hydrogen-bond donors (Lipinski definition) is 0. The van der Waals surface area contributed by atoms with Crippen LogP contribution in [0.3, 0.4) is 0 Å². The van der Waals surface area contributed by atoms with Crippen molar-refractivity contribution in [3.05, 3.63) is 54.6 Å². The van der Waals surface area contributed by atoms with Crippen LogP contribution in [0.15, 0.2) is 54.6 Å². The van der Waals surface area contributed by atoms with E-state index in [2.05, 4.69) is 11.8 Å². The molecule has 0 radical (unpaired) electrons. The third kappa shape index (κ3) is 5.39. The molecular weight excluding hydrogens is 338 g/mol. The fraction of sp³-hybridized carbons (Fsp3) is 0.478. The van der Waals surface area contributed by atoms with E-state index in [0.717, 1.165) is 36.6 Å². The first-order chi connectivity index (χ1) is 13.3. The third-order valence-corrected chi connectivity index (χ3v) is 4.99. The number of para-hydroxylation sites is 3. The summed E-state index contributed by atoms with van der Waals surface area (Å²) < 4.78 is 18.2. The summed E-state index contributed by atoms with van der Waals surface area (Å²) >= 11 is 0. The van der Waals surface area contributed by atoms with Gasteiger partial charge in [0.15, 0.2) is 17.7 Å². The maximum Gasteiger partial charge on any atom is 0.161 e. The zero-order valence-corrected chi connectivity index (χ0v) is 16.5. The average Bonchev–Trinajstić information content (AvgIpc) is 2.73. The van der Waals surface area contributed by atoms with Crippen molar-refractivity contribution in [3.8, 4) is 17.2 Å². The zero-order valence-electron chi connectivity index (χ0n) is 16.5. The number of likely N-dealkylation sites (tertiary alicyclic amines) is 1. The Morgan fingerprint density at radius 2 is 1.63 bits per heavy atom. The van der Waals surface area contributed by atoms with Crippen molar-refractivity contribution in [2.45, 2.75) is 51.8 Å². The van der Waals surface area contributed by atoms with Crippen molar-refractivity contribution < 1.29 is 14.2 Å². The molecule has 0 bridgehead atoms. The van der Waals surface area contributed by atoms with Gasteiger partial charge in [-0.15, -0.1) is 0 Å². The fourth-order valence-corrected chi connectivity index (χ4v) is 3.65. The second kappa shape index (κ2) is 10.2. The Labute approximate surface area is 163 Å². The van der Waals surface area contributed by atoms with Crippen molar-refractivity contribution in [3.63, 3.8) is 0 Å². The molecule has 2 aromatic rings. The summed E-state index contributed by atoms with van der Waals surface area (Å²) in [6, 6.07) is 18.4. The molecule has 0 N–H and O–H groups in total. The van der Waals surface area contributed by atoms with Gasteiger partial charge < -0.3 is 14.2 Å². The number of benzene rings is 2. The summed E-state index contributed by atoms with van der Waals surface area (Å²) in [5.41, 5.74) is 0. The first kappa shape index (κ1) is 19.6. The van der Waals surface area contributed by atoms with Gasteiger partial charge in [0.2, 0.25) is 0 Å². The lowest BCUT2D eigenvalue weighted by atomic mass is 10.0. The standard InChI is InChI=1S/C23H31NO3/c1-3-23(27-20-13-6-5-7-14-20)24-17-11-10-12-19(24)18-26-22-16-9-8-15-21(22)25-4-2/h5-9,13-16,19,23H,3-4,10-12,17-18H2,1-2H3. The van der Waals surface area contributed by atoms with Gasteiger partial charge in [-0.05, 0) is 50.5 Å². The molecule has 2 atom stereocenters. The highest BCUT2D eigenvalue weighted by molar-refractivity contribution is 5.39. The maximum absolute atomic E-state index is 6.29. The Morgan fingerprint density at radius 1 is 0.926 bits per heavy atom. The van der Waals surface area contributed by atoms with E-state index in [9.17, 15) is 0 Å². The minimum atomic E-state index is 0.0726. The molecule has 2 aromatic carbocycles. The second-order valence-corrected chi connectivity index (χ2v) is 6.87. The highest BCUT2D eigenvalue weighted by Crippen LogP contribution is 2.29. The monoisotopic (exact) mass is 369 g/mol. The summed E-state index contributed by atoms with van der Waals surface area (Å²) in [7, 11) is 0. The smallest absolute Gasteiger partial charge is 0.161 e. The molecule has 1 aliphatic rings. The molecular formula is C23H31NO3. The number of nitrogens with zero attached hydrogens (tertiary/aromatic N) is 1. The van der Waals surface area contributed by atoms with Gasteiger partial charge >= 0.3 is 0 Å². The summed E-state index contributed by atoms with van der Waals surface area (Å²) in [6.07, 6.45) is 4.59. The summed E-state index contributed by atoms with van der Waals surface area (Å²) in [4.78, 5) is 2.47. The molecule has 1 saturated heterocycles. The van der Waals surface area contributed by atoms with Crippen molar-refractivity contribution >= 4 is 0 Å². The van der Waals surface area contributed by atoms with E-state index in [1.54, 1.807) is 0 Å². The predicted molar refractivity (Wildman–Crippen MR) is 109 cm³/mol. The maximum atomic E-state index is 6.29. The normalized spacial score (nSPS) is 18.7. The van der Waals surface area contributed by atoms with Gasteiger partial charge in [0.1, 0.15) is 12.4 Å². The molecule has 1 heterocycles. The van der Waals surface area contributed by atoms with Crippen LogP contribution in [0.2, 0.25) is 0 Å². The molecule has 2 unspecified atom stereocenters. The van der Waals surface area contributed by atoms with Gasteiger partial charge in [-0.2, -0.15) is 0 Å². The summed E-state index contributed by atoms with van der Waals surface area (Å²) in [6.45, 7) is 6.51. The molecule has 146 valence electrons. The van der Waals surface area contributed by atoms with Crippen LogP contribution in [-0.2, 0) is 0 Å². The van der Waals surface area contributed by atoms with E-state index in [0.29, 0.717) is 19.3 Å². The fourth-order valence-electron chi connectivity index (χ4n) is 3.65. The van der Waals surface area contributed by atoms with E-state index in [1.165, 1.54) is 12.8 Å². The molecule has 27 heavy (non-hydrogen) atoms. The number of rotatable bonds is 9. The first-order valence-electron chi connectivity index (χ1n) is 10.1. The molecule has 0 aromatic heterocycles. The van der Waals surface area contributed by atoms with Gasteiger partial charge in [0.25, 0.3) is 0 Å². The van der Waals surface area contributed by atoms with E-state index in [1.807, 2.05) is 61.5 Å².